The third-order valence-corrected chi connectivity index (χ3v) is 4.13. The minimum absolute atomic E-state index is 0.304. The Bertz CT molecular complexity index is 182. The van der Waals surface area contributed by atoms with Crippen molar-refractivity contribution in [3.8, 4) is 0 Å². The van der Waals surface area contributed by atoms with E-state index in [1.807, 2.05) is 0 Å². The number of hydrogen-bond acceptors (Lipinski definition) is 1. The summed E-state index contributed by atoms with van der Waals surface area (Å²) in [5.74, 6) is 0.705. The normalized spacial score (nSPS) is 13.1. The smallest absolute Gasteiger partial charge is 0.0463 e. The molecule has 0 aliphatic heterocycles. The van der Waals surface area contributed by atoms with Crippen molar-refractivity contribution in [3.63, 3.8) is 0 Å². The molecule has 0 heterocycles. The Morgan fingerprint density at radius 1 is 0.800 bits per heavy atom. The second kappa shape index (κ2) is 15.6. The SMILES string of the molecule is CCCCCCCCCCCCNCC(Cl)CC(C)C. The average molecular weight is 304 g/mol. The van der Waals surface area contributed by atoms with Crippen LogP contribution in [0.5, 0.6) is 0 Å². The Kier molecular flexibility index (Phi) is 15.8. The van der Waals surface area contributed by atoms with E-state index in [2.05, 4.69) is 26.1 Å². The number of halogens is 1. The van der Waals surface area contributed by atoms with Crippen LogP contribution in [-0.4, -0.2) is 18.5 Å². The van der Waals surface area contributed by atoms with Crippen molar-refractivity contribution in [2.45, 2.75) is 96.8 Å². The highest BCUT2D eigenvalue weighted by Gasteiger charge is 2.05. The fourth-order valence-electron chi connectivity index (χ4n) is 2.59. The second-order valence-electron chi connectivity index (χ2n) is 6.61. The molecule has 0 bridgehead atoms. The van der Waals surface area contributed by atoms with Gasteiger partial charge in [0.15, 0.2) is 0 Å². The highest BCUT2D eigenvalue weighted by atomic mass is 35.5. The first-order chi connectivity index (χ1) is 9.66. The molecule has 1 atom stereocenters. The first kappa shape index (κ1) is 20.2. The Balaban J connectivity index is 3.06. The molecule has 122 valence electrons. The predicted octanol–water partition coefficient (Wildman–Crippen LogP) is 6.15. The molecule has 0 aromatic rings. The summed E-state index contributed by atoms with van der Waals surface area (Å²) >= 11 is 6.25. The zero-order valence-corrected chi connectivity index (χ0v) is 15.0. The van der Waals surface area contributed by atoms with Gasteiger partial charge < -0.3 is 5.32 Å². The van der Waals surface area contributed by atoms with Crippen molar-refractivity contribution in [2.24, 2.45) is 5.92 Å². The summed E-state index contributed by atoms with van der Waals surface area (Å²) in [6.07, 6.45) is 15.2. The molecule has 0 radical (unpaired) electrons. The predicted molar refractivity (Wildman–Crippen MR) is 93.8 cm³/mol. The molecule has 0 saturated carbocycles. The van der Waals surface area contributed by atoms with Gasteiger partial charge in [-0.1, -0.05) is 78.6 Å². The van der Waals surface area contributed by atoms with Crippen molar-refractivity contribution in [1.29, 1.82) is 0 Å². The Hall–Kier alpha value is 0.250. The minimum Gasteiger partial charge on any atom is -0.315 e. The first-order valence-electron chi connectivity index (χ1n) is 9.01. The van der Waals surface area contributed by atoms with Crippen molar-refractivity contribution >= 4 is 11.6 Å². The Morgan fingerprint density at radius 2 is 1.30 bits per heavy atom. The van der Waals surface area contributed by atoms with Crippen LogP contribution in [0.15, 0.2) is 0 Å². The average Bonchev–Trinajstić information content (AvgIpc) is 2.39. The van der Waals surface area contributed by atoms with E-state index in [1.54, 1.807) is 0 Å². The van der Waals surface area contributed by atoms with Crippen LogP contribution in [0, 0.1) is 5.92 Å². The van der Waals surface area contributed by atoms with Gasteiger partial charge in [0, 0.05) is 11.9 Å². The summed E-state index contributed by atoms with van der Waals surface area (Å²) in [7, 11) is 0. The van der Waals surface area contributed by atoms with Gasteiger partial charge >= 0.3 is 0 Å². The molecule has 0 aliphatic carbocycles. The number of alkyl halides is 1. The molecule has 2 heteroatoms. The van der Waals surface area contributed by atoms with Gasteiger partial charge in [0.05, 0.1) is 0 Å². The largest absolute Gasteiger partial charge is 0.315 e. The quantitative estimate of drug-likeness (QED) is 0.282. The van der Waals surface area contributed by atoms with Gasteiger partial charge in [-0.15, -0.1) is 11.6 Å². The van der Waals surface area contributed by atoms with Crippen LogP contribution in [0.4, 0.5) is 0 Å². The van der Waals surface area contributed by atoms with Gasteiger partial charge in [0.25, 0.3) is 0 Å². The molecule has 0 fully saturated rings. The van der Waals surface area contributed by atoms with Crippen molar-refractivity contribution in [3.05, 3.63) is 0 Å². The van der Waals surface area contributed by atoms with Gasteiger partial charge in [-0.05, 0) is 25.3 Å². The molecule has 0 saturated heterocycles. The molecule has 1 nitrogen and oxygen atoms in total. The molecule has 0 aromatic heterocycles. The second-order valence-corrected chi connectivity index (χ2v) is 7.23. The lowest BCUT2D eigenvalue weighted by atomic mass is 10.1. The van der Waals surface area contributed by atoms with Crippen LogP contribution in [0.3, 0.4) is 0 Å². The van der Waals surface area contributed by atoms with E-state index < -0.39 is 0 Å². The molecule has 0 rings (SSSR count). The van der Waals surface area contributed by atoms with E-state index in [0.29, 0.717) is 11.3 Å². The van der Waals surface area contributed by atoms with Crippen LogP contribution < -0.4 is 5.32 Å². The molecule has 0 aliphatic rings. The van der Waals surface area contributed by atoms with E-state index in [0.717, 1.165) is 19.5 Å². The maximum Gasteiger partial charge on any atom is 0.0463 e. The minimum atomic E-state index is 0.304. The first-order valence-corrected chi connectivity index (χ1v) is 9.45. The van der Waals surface area contributed by atoms with Crippen molar-refractivity contribution in [1.82, 2.24) is 5.32 Å². The lowest BCUT2D eigenvalue weighted by Gasteiger charge is -2.12. The molecular weight excluding hydrogens is 266 g/mol. The molecular formula is C18H38ClN. The van der Waals surface area contributed by atoms with Crippen LogP contribution in [-0.2, 0) is 0 Å². The Labute approximate surface area is 133 Å². The molecule has 0 amide bonds. The fourth-order valence-corrected chi connectivity index (χ4v) is 3.06. The lowest BCUT2D eigenvalue weighted by molar-refractivity contribution is 0.515. The maximum atomic E-state index is 6.25. The fraction of sp³-hybridized carbons (Fsp3) is 1.00. The Morgan fingerprint density at radius 3 is 1.80 bits per heavy atom. The van der Waals surface area contributed by atoms with Crippen LogP contribution in [0.25, 0.3) is 0 Å². The zero-order chi connectivity index (χ0) is 15.1. The zero-order valence-electron chi connectivity index (χ0n) is 14.2. The van der Waals surface area contributed by atoms with E-state index in [1.165, 1.54) is 64.2 Å². The number of unbranched alkanes of at least 4 members (excludes halogenated alkanes) is 9. The van der Waals surface area contributed by atoms with Gasteiger partial charge in [0.1, 0.15) is 0 Å². The van der Waals surface area contributed by atoms with E-state index in [-0.39, 0.29) is 0 Å². The van der Waals surface area contributed by atoms with Gasteiger partial charge in [-0.2, -0.15) is 0 Å². The lowest BCUT2D eigenvalue weighted by Crippen LogP contribution is -2.25. The summed E-state index contributed by atoms with van der Waals surface area (Å²) < 4.78 is 0. The summed E-state index contributed by atoms with van der Waals surface area (Å²) in [5.41, 5.74) is 0. The summed E-state index contributed by atoms with van der Waals surface area (Å²) in [6, 6.07) is 0. The molecule has 1 unspecified atom stereocenters. The molecule has 0 aromatic carbocycles. The summed E-state index contributed by atoms with van der Waals surface area (Å²) in [4.78, 5) is 0. The third kappa shape index (κ3) is 16.3. The van der Waals surface area contributed by atoms with Gasteiger partial charge in [0.2, 0.25) is 0 Å². The molecule has 0 spiro atoms. The van der Waals surface area contributed by atoms with Gasteiger partial charge in [-0.25, -0.2) is 0 Å². The highest BCUT2D eigenvalue weighted by Crippen LogP contribution is 2.11. The highest BCUT2D eigenvalue weighted by molar-refractivity contribution is 6.20. The van der Waals surface area contributed by atoms with Crippen LogP contribution >= 0.6 is 11.6 Å². The van der Waals surface area contributed by atoms with E-state index in [4.69, 9.17) is 11.6 Å². The number of rotatable bonds is 15. The van der Waals surface area contributed by atoms with Crippen LogP contribution in [0.1, 0.15) is 91.4 Å². The maximum absolute atomic E-state index is 6.25. The number of hydrogen-bond donors (Lipinski definition) is 1. The van der Waals surface area contributed by atoms with Crippen LogP contribution in [0.2, 0.25) is 0 Å². The van der Waals surface area contributed by atoms with Crippen molar-refractivity contribution in [2.75, 3.05) is 13.1 Å². The summed E-state index contributed by atoms with van der Waals surface area (Å²) in [5, 5.41) is 3.79. The molecule has 20 heavy (non-hydrogen) atoms. The van der Waals surface area contributed by atoms with E-state index >= 15 is 0 Å². The topological polar surface area (TPSA) is 12.0 Å². The van der Waals surface area contributed by atoms with Gasteiger partial charge in [-0.3, -0.25) is 0 Å². The van der Waals surface area contributed by atoms with Crippen molar-refractivity contribution < 1.29 is 0 Å². The molecule has 1 N–H and O–H groups in total. The monoisotopic (exact) mass is 303 g/mol. The number of nitrogens with one attached hydrogen (secondary N) is 1. The standard InChI is InChI=1S/C18H38ClN/c1-4-5-6-7-8-9-10-11-12-13-14-20-16-18(19)15-17(2)3/h17-18,20H,4-16H2,1-3H3. The van der Waals surface area contributed by atoms with E-state index in [9.17, 15) is 0 Å². The summed E-state index contributed by atoms with van der Waals surface area (Å²) in [6.45, 7) is 8.85. The third-order valence-electron chi connectivity index (χ3n) is 3.80.